The van der Waals surface area contributed by atoms with Crippen molar-refractivity contribution in [3.8, 4) is 0 Å². The van der Waals surface area contributed by atoms with Gasteiger partial charge in [-0.1, -0.05) is 0 Å². The first-order valence-electron chi connectivity index (χ1n) is 9.27. The number of methoxy groups -OCH3 is 1. The van der Waals surface area contributed by atoms with E-state index >= 15 is 0 Å². The number of carbonyl (C=O) groups is 1. The molecule has 1 unspecified atom stereocenters. The molecule has 1 aromatic carbocycles. The van der Waals surface area contributed by atoms with E-state index in [-0.39, 0.29) is 48.3 Å². The summed E-state index contributed by atoms with van der Waals surface area (Å²) in [5.74, 6) is 0.276. The third-order valence-electron chi connectivity index (χ3n) is 4.53. The van der Waals surface area contributed by atoms with Gasteiger partial charge in [0.25, 0.3) is 0 Å². The quantitative estimate of drug-likeness (QED) is 0.227. The number of anilines is 1. The monoisotopic (exact) mass is 507 g/mol. The second-order valence-electron chi connectivity index (χ2n) is 6.63. The summed E-state index contributed by atoms with van der Waals surface area (Å²) >= 11 is 0. The van der Waals surface area contributed by atoms with Crippen LogP contribution < -0.4 is 20.9 Å². The summed E-state index contributed by atoms with van der Waals surface area (Å²) < 4.78 is 18.3. The fourth-order valence-corrected chi connectivity index (χ4v) is 3.19. The van der Waals surface area contributed by atoms with Crippen LogP contribution in [0.4, 0.5) is 10.1 Å². The number of carbonyl (C=O) groups excluding carboxylic acids is 1. The molecule has 1 heterocycles. The summed E-state index contributed by atoms with van der Waals surface area (Å²) in [5, 5.41) is 9.17. The van der Waals surface area contributed by atoms with Gasteiger partial charge in [-0.05, 0) is 43.5 Å². The molecule has 3 N–H and O–H groups in total. The molecule has 0 saturated carbocycles. The van der Waals surface area contributed by atoms with Crippen LogP contribution in [-0.4, -0.2) is 64.9 Å². The Morgan fingerprint density at radius 1 is 1.39 bits per heavy atom. The third kappa shape index (κ3) is 7.78. The Hall–Kier alpha value is -1.62. The Morgan fingerprint density at radius 3 is 2.86 bits per heavy atom. The maximum atomic E-state index is 13.4. The highest BCUT2D eigenvalue weighted by molar-refractivity contribution is 14.0. The van der Waals surface area contributed by atoms with Gasteiger partial charge in [0, 0.05) is 45.5 Å². The number of aryl methyl sites for hydroxylation is 1. The minimum atomic E-state index is -0.212. The van der Waals surface area contributed by atoms with Crippen molar-refractivity contribution in [1.29, 1.82) is 0 Å². The molecule has 1 amide bonds. The minimum Gasteiger partial charge on any atom is -0.383 e. The van der Waals surface area contributed by atoms with Crippen LogP contribution in [-0.2, 0) is 9.53 Å². The number of benzene rings is 1. The van der Waals surface area contributed by atoms with E-state index in [0.29, 0.717) is 19.1 Å². The predicted molar refractivity (Wildman–Crippen MR) is 121 cm³/mol. The Morgan fingerprint density at radius 2 is 2.18 bits per heavy atom. The number of amides is 1. The van der Waals surface area contributed by atoms with Crippen molar-refractivity contribution in [2.45, 2.75) is 25.8 Å². The average molecular weight is 507 g/mol. The lowest BCUT2D eigenvalue weighted by Gasteiger charge is -2.36. The fraction of sp³-hybridized carbons (Fsp3) is 0.579. The second kappa shape index (κ2) is 12.8. The maximum Gasteiger partial charge on any atom is 0.239 e. The number of guanidine groups is 1. The number of piperidine rings is 1. The van der Waals surface area contributed by atoms with E-state index in [2.05, 4.69) is 25.8 Å². The van der Waals surface area contributed by atoms with Crippen LogP contribution in [0.15, 0.2) is 23.2 Å². The van der Waals surface area contributed by atoms with Gasteiger partial charge < -0.3 is 25.6 Å². The average Bonchev–Trinajstić information content (AvgIpc) is 2.65. The minimum absolute atomic E-state index is 0. The molecular weight excluding hydrogens is 476 g/mol. The Labute approximate surface area is 183 Å². The van der Waals surface area contributed by atoms with E-state index < -0.39 is 0 Å². The molecule has 0 aliphatic carbocycles. The molecule has 28 heavy (non-hydrogen) atoms. The lowest BCUT2D eigenvalue weighted by atomic mass is 10.0. The summed E-state index contributed by atoms with van der Waals surface area (Å²) in [4.78, 5) is 18.2. The Balaban J connectivity index is 0.00000392. The predicted octanol–water partition coefficient (Wildman–Crippen LogP) is 1.65. The van der Waals surface area contributed by atoms with Crippen molar-refractivity contribution >= 4 is 41.5 Å². The highest BCUT2D eigenvalue weighted by Crippen LogP contribution is 2.24. The van der Waals surface area contributed by atoms with Crippen LogP contribution in [0.5, 0.6) is 0 Å². The molecule has 7 nitrogen and oxygen atoms in total. The van der Waals surface area contributed by atoms with Crippen LogP contribution in [0, 0.1) is 12.7 Å². The van der Waals surface area contributed by atoms with E-state index in [1.807, 2.05) is 13.0 Å². The zero-order valence-corrected chi connectivity index (χ0v) is 19.1. The first kappa shape index (κ1) is 24.4. The van der Waals surface area contributed by atoms with E-state index in [1.54, 1.807) is 20.2 Å². The SMILES string of the molecule is CN=C(NCC(=O)NCCOC)NC1CCCN(c2ccc(F)cc2C)C1.I. The summed E-state index contributed by atoms with van der Waals surface area (Å²) in [7, 11) is 3.28. The summed E-state index contributed by atoms with van der Waals surface area (Å²) in [5.41, 5.74) is 1.99. The number of nitrogens with one attached hydrogen (secondary N) is 3. The number of halogens is 2. The highest BCUT2D eigenvalue weighted by atomic mass is 127. The van der Waals surface area contributed by atoms with E-state index in [9.17, 15) is 9.18 Å². The van der Waals surface area contributed by atoms with Gasteiger partial charge in [0.2, 0.25) is 5.91 Å². The number of hydrogen-bond acceptors (Lipinski definition) is 4. The summed E-state index contributed by atoms with van der Waals surface area (Å²) in [6.45, 7) is 4.79. The van der Waals surface area contributed by atoms with E-state index in [0.717, 1.165) is 37.2 Å². The first-order chi connectivity index (χ1) is 13.0. The number of rotatable bonds is 7. The molecule has 0 bridgehead atoms. The van der Waals surface area contributed by atoms with E-state index in [4.69, 9.17) is 4.74 Å². The van der Waals surface area contributed by atoms with Gasteiger partial charge >= 0.3 is 0 Å². The molecule has 2 rings (SSSR count). The molecule has 0 radical (unpaired) electrons. The largest absolute Gasteiger partial charge is 0.383 e. The molecule has 1 aromatic rings. The smallest absolute Gasteiger partial charge is 0.239 e. The van der Waals surface area contributed by atoms with Gasteiger partial charge in [0.15, 0.2) is 5.96 Å². The van der Waals surface area contributed by atoms with Crippen molar-refractivity contribution in [2.75, 3.05) is 51.8 Å². The van der Waals surface area contributed by atoms with Crippen LogP contribution in [0.2, 0.25) is 0 Å². The molecule has 1 atom stereocenters. The molecule has 9 heteroatoms. The van der Waals surface area contributed by atoms with Crippen LogP contribution in [0.1, 0.15) is 18.4 Å². The number of aliphatic imine (C=N–C) groups is 1. The van der Waals surface area contributed by atoms with Crippen LogP contribution in [0.3, 0.4) is 0 Å². The van der Waals surface area contributed by atoms with Gasteiger partial charge in [0.05, 0.1) is 13.2 Å². The molecule has 0 spiro atoms. The fourth-order valence-electron chi connectivity index (χ4n) is 3.19. The molecule has 1 aliphatic rings. The van der Waals surface area contributed by atoms with Gasteiger partial charge in [-0.3, -0.25) is 9.79 Å². The molecule has 1 saturated heterocycles. The number of ether oxygens (including phenoxy) is 1. The zero-order chi connectivity index (χ0) is 19.6. The topological polar surface area (TPSA) is 78.0 Å². The van der Waals surface area contributed by atoms with Crippen molar-refractivity contribution in [3.05, 3.63) is 29.6 Å². The number of hydrogen-bond donors (Lipinski definition) is 3. The van der Waals surface area contributed by atoms with Crippen LogP contribution in [0.25, 0.3) is 0 Å². The van der Waals surface area contributed by atoms with Crippen molar-refractivity contribution in [2.24, 2.45) is 4.99 Å². The van der Waals surface area contributed by atoms with E-state index in [1.165, 1.54) is 6.07 Å². The van der Waals surface area contributed by atoms with Crippen molar-refractivity contribution in [1.82, 2.24) is 16.0 Å². The lowest BCUT2D eigenvalue weighted by Crippen LogP contribution is -2.52. The van der Waals surface area contributed by atoms with Crippen molar-refractivity contribution < 1.29 is 13.9 Å². The van der Waals surface area contributed by atoms with Gasteiger partial charge in [-0.2, -0.15) is 0 Å². The van der Waals surface area contributed by atoms with Gasteiger partial charge in [-0.25, -0.2) is 4.39 Å². The molecular formula is C19H31FIN5O2. The number of nitrogens with zero attached hydrogens (tertiary/aromatic N) is 2. The Kier molecular flexibility index (Phi) is 11.1. The standard InChI is InChI=1S/C19H30FN5O2.HI/c1-14-11-15(20)6-7-17(14)25-9-4-5-16(13-25)24-19(21-2)23-12-18(26)22-8-10-27-3;/h6-7,11,16H,4-5,8-10,12-13H2,1-3H3,(H,22,26)(H2,21,23,24);1H. The molecule has 1 fully saturated rings. The lowest BCUT2D eigenvalue weighted by molar-refractivity contribution is -0.120. The zero-order valence-electron chi connectivity index (χ0n) is 16.8. The molecule has 0 aromatic heterocycles. The second-order valence-corrected chi connectivity index (χ2v) is 6.63. The van der Waals surface area contributed by atoms with Crippen LogP contribution >= 0.6 is 24.0 Å². The third-order valence-corrected chi connectivity index (χ3v) is 4.53. The highest BCUT2D eigenvalue weighted by Gasteiger charge is 2.22. The van der Waals surface area contributed by atoms with Crippen molar-refractivity contribution in [3.63, 3.8) is 0 Å². The Bertz CT molecular complexity index is 659. The summed E-state index contributed by atoms with van der Waals surface area (Å²) in [6, 6.07) is 5.10. The maximum absolute atomic E-state index is 13.4. The first-order valence-corrected chi connectivity index (χ1v) is 9.27. The normalized spacial score (nSPS) is 16.9. The molecule has 158 valence electrons. The van der Waals surface area contributed by atoms with Gasteiger partial charge in [0.1, 0.15) is 5.82 Å². The van der Waals surface area contributed by atoms with Gasteiger partial charge in [-0.15, -0.1) is 24.0 Å². The summed E-state index contributed by atoms with van der Waals surface area (Å²) in [6.07, 6.45) is 2.04. The molecule has 1 aliphatic heterocycles.